The average Bonchev–Trinajstić information content (AvgIpc) is 3.64. The van der Waals surface area contributed by atoms with E-state index >= 15 is 0 Å². The lowest BCUT2D eigenvalue weighted by Gasteiger charge is -2.33. The zero-order valence-electron chi connectivity index (χ0n) is 22.1. The van der Waals surface area contributed by atoms with Gasteiger partial charge in [-0.3, -0.25) is 13.9 Å². The Hall–Kier alpha value is -3.81. The van der Waals surface area contributed by atoms with E-state index in [4.69, 9.17) is 4.74 Å². The molecule has 1 aromatic carbocycles. The van der Waals surface area contributed by atoms with E-state index in [1.807, 2.05) is 29.8 Å². The quantitative estimate of drug-likeness (QED) is 0.301. The van der Waals surface area contributed by atoms with Gasteiger partial charge in [0, 0.05) is 56.3 Å². The summed E-state index contributed by atoms with van der Waals surface area (Å²) in [6.45, 7) is 2.75. The van der Waals surface area contributed by atoms with E-state index in [1.54, 1.807) is 29.2 Å². The third kappa shape index (κ3) is 4.67. The molecule has 0 bridgehead atoms. The Balaban J connectivity index is 1.28. The zero-order chi connectivity index (χ0) is 28.3. The number of thiazole rings is 1. The molecule has 5 aromatic rings. The number of benzene rings is 1. The van der Waals surface area contributed by atoms with Crippen LogP contribution in [0.25, 0.3) is 11.2 Å². The highest BCUT2D eigenvalue weighted by atomic mass is 32.1. The Morgan fingerprint density at radius 3 is 2.78 bits per heavy atom. The molecule has 0 N–H and O–H groups in total. The first-order valence-corrected chi connectivity index (χ1v) is 14.1. The highest BCUT2D eigenvalue weighted by molar-refractivity contribution is 7.09. The van der Waals surface area contributed by atoms with Crippen molar-refractivity contribution in [2.24, 2.45) is 13.0 Å². The summed E-state index contributed by atoms with van der Waals surface area (Å²) in [5.41, 5.74) is 3.08. The SMILES string of the molecule is Cn1cnnc1[C@@H](c1cccc(-n2cc3c(C(F)(F)F)cc(CN4CCc5ncsc5C4)cn3c2=O)c1)C1COC1. The largest absolute Gasteiger partial charge is 0.418 e. The molecule has 4 aromatic heterocycles. The second-order valence-corrected chi connectivity index (χ2v) is 11.6. The Morgan fingerprint density at radius 2 is 2.05 bits per heavy atom. The predicted octanol–water partition coefficient (Wildman–Crippen LogP) is 4.03. The van der Waals surface area contributed by atoms with E-state index in [0.29, 0.717) is 44.1 Å². The molecule has 6 heterocycles. The molecule has 1 saturated heterocycles. The van der Waals surface area contributed by atoms with Gasteiger partial charge in [-0.25, -0.2) is 9.78 Å². The minimum absolute atomic E-state index is 0.134. The van der Waals surface area contributed by atoms with Gasteiger partial charge in [-0.2, -0.15) is 13.2 Å². The van der Waals surface area contributed by atoms with Crippen molar-refractivity contribution in [3.8, 4) is 5.69 Å². The van der Waals surface area contributed by atoms with E-state index in [9.17, 15) is 18.0 Å². The monoisotopic (exact) mass is 581 g/mol. The average molecular weight is 582 g/mol. The highest BCUT2D eigenvalue weighted by Gasteiger charge is 2.36. The molecular formula is C28H26F3N7O2S. The number of halogens is 3. The Kier molecular flexibility index (Phi) is 6.32. The molecule has 9 nitrogen and oxygen atoms in total. The second kappa shape index (κ2) is 9.93. The summed E-state index contributed by atoms with van der Waals surface area (Å²) < 4.78 is 52.6. The van der Waals surface area contributed by atoms with Crippen LogP contribution in [0, 0.1) is 5.92 Å². The van der Waals surface area contributed by atoms with Crippen molar-refractivity contribution in [1.82, 2.24) is 33.6 Å². The van der Waals surface area contributed by atoms with Crippen LogP contribution in [0.3, 0.4) is 0 Å². The van der Waals surface area contributed by atoms with Crippen LogP contribution in [0.15, 0.2) is 59.4 Å². The molecule has 0 spiro atoms. The first-order valence-electron chi connectivity index (χ1n) is 13.3. The normalized spacial score (nSPS) is 17.1. The minimum Gasteiger partial charge on any atom is -0.381 e. The van der Waals surface area contributed by atoms with Crippen LogP contribution < -0.4 is 5.69 Å². The molecule has 1 atom stereocenters. The molecule has 2 aliphatic rings. The molecular weight excluding hydrogens is 555 g/mol. The fourth-order valence-electron chi connectivity index (χ4n) is 5.83. The molecule has 0 unspecified atom stereocenters. The van der Waals surface area contributed by atoms with E-state index in [0.717, 1.165) is 32.8 Å². The third-order valence-electron chi connectivity index (χ3n) is 7.96. The maximum absolute atomic E-state index is 14.3. The molecule has 0 amide bonds. The van der Waals surface area contributed by atoms with Crippen molar-refractivity contribution in [1.29, 1.82) is 0 Å². The Morgan fingerprint density at radius 1 is 1.20 bits per heavy atom. The molecule has 0 radical (unpaired) electrons. The molecule has 212 valence electrons. The topological polar surface area (TPSA) is 82.5 Å². The molecule has 13 heteroatoms. The minimum atomic E-state index is -4.63. The number of imidazole rings is 1. The number of hydrogen-bond donors (Lipinski definition) is 0. The molecule has 2 aliphatic heterocycles. The molecule has 0 aliphatic carbocycles. The second-order valence-electron chi connectivity index (χ2n) is 10.6. The fraction of sp³-hybridized carbons (Fsp3) is 0.357. The number of alkyl halides is 3. The summed E-state index contributed by atoms with van der Waals surface area (Å²) in [6, 6.07) is 8.48. The summed E-state index contributed by atoms with van der Waals surface area (Å²) >= 11 is 1.56. The number of fused-ring (bicyclic) bond motifs is 2. The van der Waals surface area contributed by atoms with Gasteiger partial charge in [0.15, 0.2) is 0 Å². The van der Waals surface area contributed by atoms with Crippen molar-refractivity contribution in [3.05, 3.63) is 98.1 Å². The molecule has 7 rings (SSSR count). The van der Waals surface area contributed by atoms with Crippen molar-refractivity contribution in [2.75, 3.05) is 19.8 Å². The van der Waals surface area contributed by atoms with Crippen molar-refractivity contribution < 1.29 is 17.9 Å². The van der Waals surface area contributed by atoms with Gasteiger partial charge in [0.05, 0.1) is 47.1 Å². The van der Waals surface area contributed by atoms with Crippen LogP contribution >= 0.6 is 11.3 Å². The first kappa shape index (κ1) is 26.1. The fourth-order valence-corrected chi connectivity index (χ4v) is 6.68. The first-order chi connectivity index (χ1) is 19.8. The van der Waals surface area contributed by atoms with Crippen molar-refractivity contribution >= 4 is 16.9 Å². The number of pyridine rings is 1. The van der Waals surface area contributed by atoms with Gasteiger partial charge in [0.1, 0.15) is 12.2 Å². The van der Waals surface area contributed by atoms with Crippen LogP contribution in [-0.2, 0) is 37.5 Å². The number of ether oxygens (including phenoxy) is 1. The third-order valence-corrected chi connectivity index (χ3v) is 8.82. The molecule has 41 heavy (non-hydrogen) atoms. The summed E-state index contributed by atoms with van der Waals surface area (Å²) in [5.74, 6) is 0.801. The van der Waals surface area contributed by atoms with Crippen LogP contribution in [-0.4, -0.2) is 53.4 Å². The van der Waals surface area contributed by atoms with E-state index in [1.165, 1.54) is 23.0 Å². The molecule has 1 fully saturated rings. The lowest BCUT2D eigenvalue weighted by Crippen LogP contribution is -2.35. The smallest absolute Gasteiger partial charge is 0.381 e. The van der Waals surface area contributed by atoms with E-state index < -0.39 is 17.4 Å². The number of rotatable bonds is 6. The maximum Gasteiger partial charge on any atom is 0.418 e. The van der Waals surface area contributed by atoms with Gasteiger partial charge >= 0.3 is 11.9 Å². The Labute approximate surface area is 236 Å². The van der Waals surface area contributed by atoms with E-state index in [2.05, 4.69) is 20.1 Å². The maximum atomic E-state index is 14.3. The number of hydrogen-bond acceptors (Lipinski definition) is 7. The lowest BCUT2D eigenvalue weighted by atomic mass is 9.84. The van der Waals surface area contributed by atoms with Crippen molar-refractivity contribution in [2.45, 2.75) is 31.6 Å². The zero-order valence-corrected chi connectivity index (χ0v) is 22.9. The van der Waals surface area contributed by atoms with Gasteiger partial charge in [-0.05, 0) is 29.3 Å². The number of nitrogens with zero attached hydrogens (tertiary/aromatic N) is 7. The number of aryl methyl sites for hydroxylation is 1. The Bertz CT molecular complexity index is 1800. The van der Waals surface area contributed by atoms with Gasteiger partial charge < -0.3 is 9.30 Å². The van der Waals surface area contributed by atoms with Gasteiger partial charge in [0.25, 0.3) is 0 Å². The van der Waals surface area contributed by atoms with Crippen LogP contribution in [0.2, 0.25) is 0 Å². The van der Waals surface area contributed by atoms with Crippen LogP contribution in [0.4, 0.5) is 13.2 Å². The summed E-state index contributed by atoms with van der Waals surface area (Å²) in [6.07, 6.45) is 0.566. The summed E-state index contributed by atoms with van der Waals surface area (Å²) in [7, 11) is 1.87. The highest BCUT2D eigenvalue weighted by Crippen LogP contribution is 2.37. The van der Waals surface area contributed by atoms with E-state index in [-0.39, 0.29) is 17.4 Å². The van der Waals surface area contributed by atoms with Gasteiger partial charge in [0.2, 0.25) is 0 Å². The van der Waals surface area contributed by atoms with Gasteiger partial charge in [-0.1, -0.05) is 12.1 Å². The lowest BCUT2D eigenvalue weighted by molar-refractivity contribution is -0.136. The van der Waals surface area contributed by atoms with Crippen LogP contribution in [0.5, 0.6) is 0 Å². The van der Waals surface area contributed by atoms with Crippen molar-refractivity contribution in [3.63, 3.8) is 0 Å². The summed E-state index contributed by atoms with van der Waals surface area (Å²) in [4.78, 5) is 21.2. The van der Waals surface area contributed by atoms with Gasteiger partial charge in [-0.15, -0.1) is 21.5 Å². The molecule has 0 saturated carbocycles. The number of aromatic nitrogens is 6. The standard InChI is InChI=1S/C28H26F3N7O2S/c1-35-15-33-34-26(35)25(19-13-40-14-19)18-3-2-4-20(8-18)37-11-23-21(28(29,30)31)7-17(10-38(23)27(37)39)9-36-6-5-22-24(12-36)41-16-32-22/h2-4,7-8,10-11,15-16,19,25H,5-6,9,12-14H2,1H3/t25-/m0/s1. The summed E-state index contributed by atoms with van der Waals surface area (Å²) in [5, 5.41) is 8.33. The predicted molar refractivity (Wildman–Crippen MR) is 145 cm³/mol. The van der Waals surface area contributed by atoms with Crippen LogP contribution in [0.1, 0.15) is 39.0 Å².